The van der Waals surface area contributed by atoms with Gasteiger partial charge in [-0.05, 0) is 38.3 Å². The second-order valence-corrected chi connectivity index (χ2v) is 10.9. The van der Waals surface area contributed by atoms with E-state index in [1.54, 1.807) is 11.8 Å². The molecule has 2 amide bonds. The molecular weight excluding hydrogens is 432 g/mol. The number of anilines is 1. The van der Waals surface area contributed by atoms with E-state index < -0.39 is 15.6 Å². The van der Waals surface area contributed by atoms with Gasteiger partial charge in [0.05, 0.1) is 26.0 Å². The largest absolute Gasteiger partial charge is 0.379 e. The van der Waals surface area contributed by atoms with E-state index in [4.69, 9.17) is 4.74 Å². The number of sulfonamides is 1. The second-order valence-electron chi connectivity index (χ2n) is 8.88. The van der Waals surface area contributed by atoms with Gasteiger partial charge in [-0.2, -0.15) is 4.31 Å². The van der Waals surface area contributed by atoms with Gasteiger partial charge in [0.25, 0.3) is 5.91 Å². The first-order valence-electron chi connectivity index (χ1n) is 11.0. The maximum atomic E-state index is 13.5. The average Bonchev–Trinajstić information content (AvgIpc) is 2.72. The van der Waals surface area contributed by atoms with Gasteiger partial charge in [0.2, 0.25) is 15.9 Å². The maximum absolute atomic E-state index is 13.5. The van der Waals surface area contributed by atoms with Crippen molar-refractivity contribution in [3.8, 4) is 0 Å². The third-order valence-corrected chi connectivity index (χ3v) is 7.53. The van der Waals surface area contributed by atoms with Crippen molar-refractivity contribution < 1.29 is 22.7 Å². The lowest BCUT2D eigenvalue weighted by molar-refractivity contribution is -0.150. The molecule has 0 spiro atoms. The minimum absolute atomic E-state index is 0.0775. The standard InChI is InChI=1S/C22H34N4O5S/c1-17-7-5-8-18(2)20(17)23-21(28)22(3)16-25(32(4,29)30)15-19(27)26(22)10-6-9-24-11-13-31-14-12-24/h5,7-8H,6,9-16H2,1-4H3,(H,23,28). The molecule has 1 N–H and O–H groups in total. The summed E-state index contributed by atoms with van der Waals surface area (Å²) in [5.41, 5.74) is 1.18. The summed E-state index contributed by atoms with van der Waals surface area (Å²) < 4.78 is 31.0. The third-order valence-electron chi connectivity index (χ3n) is 6.33. The molecule has 9 nitrogen and oxygen atoms in total. The predicted molar refractivity (Wildman–Crippen MR) is 123 cm³/mol. The number of benzene rings is 1. The first kappa shape index (κ1) is 24.6. The molecule has 0 radical (unpaired) electrons. The van der Waals surface area contributed by atoms with Gasteiger partial charge in [0, 0.05) is 38.4 Å². The average molecular weight is 467 g/mol. The van der Waals surface area contributed by atoms with Gasteiger partial charge in [-0.15, -0.1) is 0 Å². The zero-order valence-electron chi connectivity index (χ0n) is 19.4. The zero-order valence-corrected chi connectivity index (χ0v) is 20.2. The number of para-hydroxylation sites is 1. The summed E-state index contributed by atoms with van der Waals surface area (Å²) in [5.74, 6) is -0.745. The Hall–Kier alpha value is -2.01. The van der Waals surface area contributed by atoms with Crippen molar-refractivity contribution in [2.45, 2.75) is 32.7 Å². The summed E-state index contributed by atoms with van der Waals surface area (Å²) in [7, 11) is -3.63. The van der Waals surface area contributed by atoms with Crippen LogP contribution in [0.1, 0.15) is 24.5 Å². The number of piperazine rings is 1. The molecule has 1 atom stereocenters. The molecule has 3 rings (SSSR count). The van der Waals surface area contributed by atoms with Crippen molar-refractivity contribution in [1.82, 2.24) is 14.1 Å². The number of amides is 2. The highest BCUT2D eigenvalue weighted by Crippen LogP contribution is 2.28. The fourth-order valence-corrected chi connectivity index (χ4v) is 5.16. The summed E-state index contributed by atoms with van der Waals surface area (Å²) >= 11 is 0. The molecule has 32 heavy (non-hydrogen) atoms. The van der Waals surface area contributed by atoms with Crippen LogP contribution in [-0.2, 0) is 24.3 Å². The number of rotatable bonds is 7. The molecule has 0 aromatic heterocycles. The molecule has 2 saturated heterocycles. The zero-order chi connectivity index (χ0) is 23.5. The number of carbonyl (C=O) groups is 2. The van der Waals surface area contributed by atoms with Crippen LogP contribution >= 0.6 is 0 Å². The highest BCUT2D eigenvalue weighted by Gasteiger charge is 2.49. The molecule has 2 aliphatic heterocycles. The lowest BCUT2D eigenvalue weighted by Gasteiger charge is -2.47. The number of morpholine rings is 1. The Morgan fingerprint density at radius 3 is 2.38 bits per heavy atom. The van der Waals surface area contributed by atoms with Gasteiger partial charge >= 0.3 is 0 Å². The number of hydrogen-bond acceptors (Lipinski definition) is 6. The van der Waals surface area contributed by atoms with Gasteiger partial charge in [0.15, 0.2) is 0 Å². The van der Waals surface area contributed by atoms with E-state index in [1.807, 2.05) is 32.0 Å². The number of nitrogens with one attached hydrogen (secondary N) is 1. The number of ether oxygens (including phenoxy) is 1. The molecule has 0 saturated carbocycles. The maximum Gasteiger partial charge on any atom is 0.251 e. The van der Waals surface area contributed by atoms with E-state index in [2.05, 4.69) is 10.2 Å². The van der Waals surface area contributed by atoms with Crippen molar-refractivity contribution in [1.29, 1.82) is 0 Å². The monoisotopic (exact) mass is 466 g/mol. The van der Waals surface area contributed by atoms with Crippen molar-refractivity contribution in [2.24, 2.45) is 0 Å². The molecule has 178 valence electrons. The predicted octanol–water partition coefficient (Wildman–Crippen LogP) is 0.827. The van der Waals surface area contributed by atoms with Crippen LogP contribution in [-0.4, -0.2) is 98.6 Å². The van der Waals surface area contributed by atoms with Crippen molar-refractivity contribution in [3.05, 3.63) is 29.3 Å². The Bertz CT molecular complexity index is 941. The Balaban J connectivity index is 1.82. The molecule has 2 heterocycles. The molecular formula is C22H34N4O5S. The third kappa shape index (κ3) is 5.48. The van der Waals surface area contributed by atoms with Crippen molar-refractivity contribution in [2.75, 3.05) is 64.1 Å². The van der Waals surface area contributed by atoms with Crippen molar-refractivity contribution in [3.63, 3.8) is 0 Å². The Kier molecular flexibility index (Phi) is 7.59. The summed E-state index contributed by atoms with van der Waals surface area (Å²) in [4.78, 5) is 30.4. The molecule has 0 aliphatic carbocycles. The first-order valence-corrected chi connectivity index (χ1v) is 12.8. The number of nitrogens with zero attached hydrogens (tertiary/aromatic N) is 3. The number of hydrogen-bond donors (Lipinski definition) is 1. The Morgan fingerprint density at radius 1 is 1.16 bits per heavy atom. The van der Waals surface area contributed by atoms with Crippen LogP contribution in [0, 0.1) is 13.8 Å². The second kappa shape index (κ2) is 9.86. The van der Waals surface area contributed by atoms with E-state index in [1.165, 1.54) is 0 Å². The van der Waals surface area contributed by atoms with Crippen LogP contribution in [0.25, 0.3) is 0 Å². The van der Waals surface area contributed by atoms with E-state index in [-0.39, 0.29) is 24.9 Å². The smallest absolute Gasteiger partial charge is 0.251 e. The van der Waals surface area contributed by atoms with E-state index >= 15 is 0 Å². The van der Waals surface area contributed by atoms with E-state index in [9.17, 15) is 18.0 Å². The molecule has 10 heteroatoms. The summed E-state index contributed by atoms with van der Waals surface area (Å²) in [5, 5.41) is 2.97. The quantitative estimate of drug-likeness (QED) is 0.639. The SMILES string of the molecule is Cc1cccc(C)c1NC(=O)C1(C)CN(S(C)(=O)=O)CC(=O)N1CCCN1CCOCC1. The lowest BCUT2D eigenvalue weighted by Crippen LogP contribution is -2.69. The van der Waals surface area contributed by atoms with Gasteiger partial charge < -0.3 is 15.0 Å². The minimum Gasteiger partial charge on any atom is -0.379 e. The fourth-order valence-electron chi connectivity index (χ4n) is 4.33. The highest BCUT2D eigenvalue weighted by molar-refractivity contribution is 7.88. The van der Waals surface area contributed by atoms with E-state index in [0.29, 0.717) is 31.9 Å². The Morgan fingerprint density at radius 2 is 1.78 bits per heavy atom. The van der Waals surface area contributed by atoms with Crippen LogP contribution in [0.15, 0.2) is 18.2 Å². The summed E-state index contributed by atoms with van der Waals surface area (Å²) in [6.07, 6.45) is 1.76. The highest BCUT2D eigenvalue weighted by atomic mass is 32.2. The molecule has 0 bridgehead atoms. The molecule has 1 aromatic rings. The summed E-state index contributed by atoms with van der Waals surface area (Å²) in [6, 6.07) is 5.72. The van der Waals surface area contributed by atoms with Crippen molar-refractivity contribution >= 4 is 27.5 Å². The van der Waals surface area contributed by atoms with Crippen LogP contribution in [0.4, 0.5) is 5.69 Å². The Labute approximate surface area is 190 Å². The number of carbonyl (C=O) groups excluding carboxylic acids is 2. The normalized spacial score (nSPS) is 23.4. The first-order chi connectivity index (χ1) is 15.0. The van der Waals surface area contributed by atoms with Crippen LogP contribution in [0.3, 0.4) is 0 Å². The van der Waals surface area contributed by atoms with Crippen LogP contribution < -0.4 is 5.32 Å². The molecule has 1 aromatic carbocycles. The topological polar surface area (TPSA) is 99.3 Å². The van der Waals surface area contributed by atoms with Gasteiger partial charge in [-0.25, -0.2) is 8.42 Å². The lowest BCUT2D eigenvalue weighted by atomic mass is 9.94. The molecule has 2 fully saturated rings. The van der Waals surface area contributed by atoms with Gasteiger partial charge in [0.1, 0.15) is 5.54 Å². The van der Waals surface area contributed by atoms with Gasteiger partial charge in [-0.3, -0.25) is 14.5 Å². The number of aryl methyl sites for hydroxylation is 2. The molecule has 2 aliphatic rings. The van der Waals surface area contributed by atoms with Crippen LogP contribution in [0.5, 0.6) is 0 Å². The van der Waals surface area contributed by atoms with Crippen LogP contribution in [0.2, 0.25) is 0 Å². The van der Waals surface area contributed by atoms with Gasteiger partial charge in [-0.1, -0.05) is 18.2 Å². The fraction of sp³-hybridized carbons (Fsp3) is 0.636. The summed E-state index contributed by atoms with van der Waals surface area (Å²) in [6.45, 7) is 9.39. The minimum atomic E-state index is -3.63. The van der Waals surface area contributed by atoms with E-state index in [0.717, 1.165) is 41.3 Å². The molecule has 1 unspecified atom stereocenters.